The van der Waals surface area contributed by atoms with Gasteiger partial charge in [-0.25, -0.2) is 33.1 Å². The molecule has 2 bridgehead atoms. The van der Waals surface area contributed by atoms with E-state index in [9.17, 15) is 9.59 Å². The predicted octanol–water partition coefficient (Wildman–Crippen LogP) is 4.38. The first kappa shape index (κ1) is 28.7. The van der Waals surface area contributed by atoms with Crippen LogP contribution >= 0.6 is 11.8 Å². The van der Waals surface area contributed by atoms with Crippen LogP contribution in [0.1, 0.15) is 32.4 Å². The van der Waals surface area contributed by atoms with Crippen LogP contribution in [0.25, 0.3) is 28.0 Å². The van der Waals surface area contributed by atoms with E-state index in [0.717, 1.165) is 0 Å². The van der Waals surface area contributed by atoms with Gasteiger partial charge in [0.05, 0.1) is 16.6 Å². The minimum atomic E-state index is -0.762. The zero-order valence-corrected chi connectivity index (χ0v) is 24.8. The Balaban J connectivity index is 1.68. The van der Waals surface area contributed by atoms with E-state index in [1.807, 2.05) is 25.7 Å². The van der Waals surface area contributed by atoms with Gasteiger partial charge in [-0.1, -0.05) is 26.5 Å². The number of hydrogen-bond acceptors (Lipinski definition) is 9. The fourth-order valence-electron chi connectivity index (χ4n) is 5.66. The minimum Gasteiger partial charge on any atom is -0.384 e. The molecule has 0 aliphatic carbocycles. The average Bonchev–Trinajstić information content (AvgIpc) is 2.98. The quantitative estimate of drug-likeness (QED) is 0.269. The second kappa shape index (κ2) is 11.4. The maximum Gasteiger partial charge on any atom is 0.355 e. The lowest BCUT2D eigenvalue weighted by molar-refractivity contribution is -0.126. The molecule has 6 rings (SSSR count). The molecule has 10 nitrogen and oxygen atoms in total. The summed E-state index contributed by atoms with van der Waals surface area (Å²) in [6.45, 7) is 10.9. The maximum atomic E-state index is 16.1. The highest BCUT2D eigenvalue weighted by Crippen LogP contribution is 2.38. The van der Waals surface area contributed by atoms with Gasteiger partial charge in [-0.15, -0.1) is 11.8 Å². The second-order valence-corrected chi connectivity index (χ2v) is 11.9. The van der Waals surface area contributed by atoms with Crippen molar-refractivity contribution in [2.75, 3.05) is 42.1 Å². The topological polar surface area (TPSA) is 109 Å². The summed E-state index contributed by atoms with van der Waals surface area (Å²) in [5.74, 6) is -0.935. The number of thioether (sulfide) groups is 1. The molecule has 4 aromatic rings. The highest BCUT2D eigenvalue weighted by Gasteiger charge is 2.31. The lowest BCUT2D eigenvalue weighted by Crippen LogP contribution is -2.54. The highest BCUT2D eigenvalue weighted by molar-refractivity contribution is 7.99. The van der Waals surface area contributed by atoms with Crippen LogP contribution in [0.15, 0.2) is 53.1 Å². The molecule has 2 aliphatic rings. The van der Waals surface area contributed by atoms with Gasteiger partial charge < -0.3 is 15.1 Å². The number of halogens is 2. The third-order valence-corrected chi connectivity index (χ3v) is 8.66. The summed E-state index contributed by atoms with van der Waals surface area (Å²) >= 11 is 1.42. The molecule has 0 unspecified atom stereocenters. The van der Waals surface area contributed by atoms with Gasteiger partial charge in [0.15, 0.2) is 11.5 Å². The van der Waals surface area contributed by atoms with Crippen molar-refractivity contribution in [3.8, 4) is 16.9 Å². The number of rotatable bonds is 3. The van der Waals surface area contributed by atoms with E-state index in [0.29, 0.717) is 54.0 Å². The summed E-state index contributed by atoms with van der Waals surface area (Å²) in [6, 6.07) is 5.48. The largest absolute Gasteiger partial charge is 0.384 e. The van der Waals surface area contributed by atoms with Crippen LogP contribution in [0.5, 0.6) is 0 Å². The van der Waals surface area contributed by atoms with E-state index in [1.54, 1.807) is 17.0 Å². The lowest BCUT2D eigenvalue weighted by atomic mass is 10.1. The van der Waals surface area contributed by atoms with E-state index < -0.39 is 17.3 Å². The number of pyridine rings is 1. The maximum absolute atomic E-state index is 16.1. The van der Waals surface area contributed by atoms with Crippen LogP contribution in [0.4, 0.5) is 20.3 Å². The molecule has 0 spiro atoms. The van der Waals surface area contributed by atoms with Gasteiger partial charge in [-0.2, -0.15) is 4.98 Å². The van der Waals surface area contributed by atoms with Crippen LogP contribution < -0.4 is 15.9 Å². The Morgan fingerprint density at radius 3 is 2.74 bits per heavy atom. The normalized spacial score (nSPS) is 16.7. The van der Waals surface area contributed by atoms with E-state index in [1.165, 1.54) is 40.9 Å². The number of carbonyl (C=O) groups excluding carboxylic acids is 1. The van der Waals surface area contributed by atoms with Gasteiger partial charge in [0, 0.05) is 43.7 Å². The second-order valence-electron chi connectivity index (χ2n) is 10.8. The number of nitrogens with zero attached hydrogens (tertiary/aromatic N) is 7. The number of aromatic nitrogens is 5. The number of hydrogen-bond donors (Lipinski definition) is 1. The molecule has 43 heavy (non-hydrogen) atoms. The van der Waals surface area contributed by atoms with Gasteiger partial charge in [0.25, 0.3) is 0 Å². The van der Waals surface area contributed by atoms with E-state index >= 15 is 8.78 Å². The lowest BCUT2D eigenvalue weighted by Gasteiger charge is -2.40. The molecule has 3 aromatic heterocycles. The molecule has 1 amide bonds. The van der Waals surface area contributed by atoms with Gasteiger partial charge in [0.2, 0.25) is 5.91 Å². The van der Waals surface area contributed by atoms with Crippen molar-refractivity contribution >= 4 is 40.2 Å². The van der Waals surface area contributed by atoms with Crippen molar-refractivity contribution in [2.24, 2.45) is 0 Å². The van der Waals surface area contributed by atoms with Crippen molar-refractivity contribution in [1.82, 2.24) is 29.4 Å². The van der Waals surface area contributed by atoms with E-state index in [-0.39, 0.29) is 46.0 Å². The first-order chi connectivity index (χ1) is 20.7. The predicted molar refractivity (Wildman–Crippen MR) is 163 cm³/mol. The Kier molecular flexibility index (Phi) is 7.59. The highest BCUT2D eigenvalue weighted by atomic mass is 32.2. The average molecular weight is 605 g/mol. The third kappa shape index (κ3) is 5.01. The molecule has 1 N–H and O–H groups in total. The van der Waals surface area contributed by atoms with Crippen LogP contribution in [-0.4, -0.2) is 73.3 Å². The fourth-order valence-corrected chi connectivity index (χ4v) is 6.51. The van der Waals surface area contributed by atoms with Gasteiger partial charge in [-0.05, 0) is 37.1 Å². The van der Waals surface area contributed by atoms with Crippen LogP contribution in [0.3, 0.4) is 0 Å². The molecule has 2 aliphatic heterocycles. The Hall–Kier alpha value is -4.39. The summed E-state index contributed by atoms with van der Waals surface area (Å²) < 4.78 is 32.8. The molecule has 0 saturated carbocycles. The number of fused-ring (bicyclic) bond motifs is 5. The van der Waals surface area contributed by atoms with Crippen LogP contribution in [-0.2, 0) is 4.79 Å². The first-order valence-electron chi connectivity index (χ1n) is 14.0. The summed E-state index contributed by atoms with van der Waals surface area (Å²) in [5.41, 5.74) is 0.616. The standard InChI is InChI=1S/C30H30F2N8O2S/c1-5-22(41)38-10-11-39(17(4)14-38)27-18-13-20(32)25-23-19(31)7-6-8-21(23)33-9-12-43-29-26(24(16(2)3)34-15-35-29)40(28(18)36-25)30(42)37-27/h5-8,13,15-17,33H,1,9-12,14H2,2-4H3/t17-/m1/s1. The molecule has 222 valence electrons. The molecule has 1 atom stereocenters. The van der Waals surface area contributed by atoms with Crippen molar-refractivity contribution in [1.29, 1.82) is 0 Å². The fraction of sp³-hybridized carbons (Fsp3) is 0.333. The monoisotopic (exact) mass is 604 g/mol. The van der Waals surface area contributed by atoms with Gasteiger partial charge in [-0.3, -0.25) is 4.79 Å². The molecule has 1 saturated heterocycles. The number of carbonyl (C=O) groups is 1. The number of nitrogens with one attached hydrogen (secondary N) is 1. The molecule has 1 fully saturated rings. The zero-order chi connectivity index (χ0) is 30.4. The first-order valence-corrected chi connectivity index (χ1v) is 15.0. The Morgan fingerprint density at radius 1 is 1.19 bits per heavy atom. The Bertz CT molecular complexity index is 1830. The van der Waals surface area contributed by atoms with E-state index in [2.05, 4.69) is 31.8 Å². The van der Waals surface area contributed by atoms with Crippen molar-refractivity contribution in [2.45, 2.75) is 37.8 Å². The Labute approximate surface area is 250 Å². The smallest absolute Gasteiger partial charge is 0.355 e. The van der Waals surface area contributed by atoms with Crippen molar-refractivity contribution in [3.63, 3.8) is 0 Å². The van der Waals surface area contributed by atoms with Crippen LogP contribution in [0.2, 0.25) is 0 Å². The summed E-state index contributed by atoms with van der Waals surface area (Å²) in [6.07, 6.45) is 2.73. The Morgan fingerprint density at radius 2 is 2.00 bits per heavy atom. The summed E-state index contributed by atoms with van der Waals surface area (Å²) in [7, 11) is 0. The summed E-state index contributed by atoms with van der Waals surface area (Å²) in [5, 5.41) is 4.03. The molecule has 5 heterocycles. The summed E-state index contributed by atoms with van der Waals surface area (Å²) in [4.78, 5) is 48.1. The third-order valence-electron chi connectivity index (χ3n) is 7.68. The van der Waals surface area contributed by atoms with Gasteiger partial charge >= 0.3 is 5.69 Å². The minimum absolute atomic E-state index is 0.0247. The van der Waals surface area contributed by atoms with Gasteiger partial charge in [0.1, 0.15) is 34.4 Å². The number of piperazine rings is 1. The molecule has 0 radical (unpaired) electrons. The SMILES string of the molecule is C=CC(=O)N1CCN(c2nc(=O)n3c4nc(c(F)cc24)-c2c(F)cccc2NCCSc2ncnc(C(C)C)c2-3)[C@H](C)C1. The molecule has 1 aromatic carbocycles. The van der Waals surface area contributed by atoms with Crippen LogP contribution in [0, 0.1) is 11.6 Å². The molecule has 13 heteroatoms. The number of benzene rings is 1. The molecular weight excluding hydrogens is 574 g/mol. The van der Waals surface area contributed by atoms with Crippen molar-refractivity contribution < 1.29 is 13.6 Å². The number of amides is 1. The number of anilines is 2. The zero-order valence-electron chi connectivity index (χ0n) is 24.0. The van der Waals surface area contributed by atoms with Crippen molar-refractivity contribution in [3.05, 3.63) is 71.1 Å². The molecular formula is C30H30F2N8O2S. The van der Waals surface area contributed by atoms with E-state index in [4.69, 9.17) is 0 Å².